The Morgan fingerprint density at radius 1 is 1.30 bits per heavy atom. The molecule has 110 valence electrons. The predicted octanol–water partition coefficient (Wildman–Crippen LogP) is 0.520. The van der Waals surface area contributed by atoms with Gasteiger partial charge in [0, 0.05) is 31.4 Å². The van der Waals surface area contributed by atoms with Gasteiger partial charge in [-0.2, -0.15) is 0 Å². The maximum Gasteiger partial charge on any atom is 0.316 e. The Morgan fingerprint density at radius 2 is 1.90 bits per heavy atom. The first-order valence-electron chi connectivity index (χ1n) is 6.27. The first-order chi connectivity index (χ1) is 9.38. The molecule has 0 saturated heterocycles. The summed E-state index contributed by atoms with van der Waals surface area (Å²) >= 11 is 0. The molecular formula is C13H20N4O3. The second-order valence-electron chi connectivity index (χ2n) is 4.97. The minimum Gasteiger partial charge on any atom is -0.467 e. The third-order valence-electron chi connectivity index (χ3n) is 2.78. The summed E-state index contributed by atoms with van der Waals surface area (Å²) in [5.41, 5.74) is -0.150. The molecule has 1 aromatic heterocycles. The lowest BCUT2D eigenvalue weighted by atomic mass is 9.97. The fourth-order valence-corrected chi connectivity index (χ4v) is 1.53. The van der Waals surface area contributed by atoms with Crippen molar-refractivity contribution in [3.8, 4) is 6.01 Å². The summed E-state index contributed by atoms with van der Waals surface area (Å²) in [6, 6.07) is 0.209. The molecule has 2 amide bonds. The predicted molar refractivity (Wildman–Crippen MR) is 73.4 cm³/mol. The van der Waals surface area contributed by atoms with E-state index in [9.17, 15) is 9.59 Å². The van der Waals surface area contributed by atoms with Crippen LogP contribution in [0.2, 0.25) is 0 Å². The molecule has 0 atom stereocenters. The van der Waals surface area contributed by atoms with Crippen molar-refractivity contribution in [2.45, 2.75) is 32.2 Å². The molecule has 7 heteroatoms. The van der Waals surface area contributed by atoms with Crippen LogP contribution in [0.3, 0.4) is 0 Å². The Balaban J connectivity index is 2.60. The zero-order valence-electron chi connectivity index (χ0n) is 12.2. The van der Waals surface area contributed by atoms with E-state index in [1.54, 1.807) is 7.05 Å². The van der Waals surface area contributed by atoms with Crippen LogP contribution in [0.15, 0.2) is 12.4 Å². The third kappa shape index (κ3) is 4.83. The summed E-state index contributed by atoms with van der Waals surface area (Å²) in [4.78, 5) is 31.0. The van der Waals surface area contributed by atoms with Gasteiger partial charge in [0.2, 0.25) is 5.91 Å². The highest BCUT2D eigenvalue weighted by atomic mass is 16.5. The van der Waals surface area contributed by atoms with Gasteiger partial charge >= 0.3 is 6.01 Å². The molecule has 1 rings (SSSR count). The smallest absolute Gasteiger partial charge is 0.316 e. The van der Waals surface area contributed by atoms with Gasteiger partial charge in [0.15, 0.2) is 0 Å². The monoisotopic (exact) mass is 280 g/mol. The number of rotatable bonds is 6. The molecule has 1 aromatic rings. The fraction of sp³-hybridized carbons (Fsp3) is 0.538. The molecule has 2 N–H and O–H groups in total. The SMILES string of the molecule is CNC(=O)CCC(C)(C)NC(=O)c1cnc(OC)nc1. The quantitative estimate of drug-likeness (QED) is 0.792. The van der Waals surface area contributed by atoms with Crippen molar-refractivity contribution in [1.29, 1.82) is 0 Å². The molecule has 0 aromatic carbocycles. The minimum absolute atomic E-state index is 0.0555. The van der Waals surface area contributed by atoms with E-state index < -0.39 is 5.54 Å². The van der Waals surface area contributed by atoms with Gasteiger partial charge in [-0.05, 0) is 20.3 Å². The number of methoxy groups -OCH3 is 1. The Kier molecular flexibility index (Phi) is 5.42. The molecule has 0 aliphatic heterocycles. The number of hydrogen-bond donors (Lipinski definition) is 2. The average molecular weight is 280 g/mol. The number of aromatic nitrogens is 2. The Bertz CT molecular complexity index is 471. The Morgan fingerprint density at radius 3 is 2.40 bits per heavy atom. The highest BCUT2D eigenvalue weighted by Gasteiger charge is 2.22. The largest absolute Gasteiger partial charge is 0.467 e. The lowest BCUT2D eigenvalue weighted by Gasteiger charge is -2.25. The molecule has 0 bridgehead atoms. The van der Waals surface area contributed by atoms with Gasteiger partial charge in [0.1, 0.15) is 0 Å². The highest BCUT2D eigenvalue weighted by Crippen LogP contribution is 2.12. The summed E-state index contributed by atoms with van der Waals surface area (Å²) in [6.07, 6.45) is 3.68. The van der Waals surface area contributed by atoms with E-state index in [4.69, 9.17) is 4.74 Å². The van der Waals surface area contributed by atoms with Gasteiger partial charge in [0.25, 0.3) is 5.91 Å². The number of carbonyl (C=O) groups excluding carboxylic acids is 2. The van der Waals surface area contributed by atoms with E-state index in [2.05, 4.69) is 20.6 Å². The maximum absolute atomic E-state index is 12.0. The summed E-state index contributed by atoms with van der Waals surface area (Å²) in [5, 5.41) is 5.40. The number of amides is 2. The zero-order chi connectivity index (χ0) is 15.2. The highest BCUT2D eigenvalue weighted by molar-refractivity contribution is 5.94. The fourth-order valence-electron chi connectivity index (χ4n) is 1.53. The molecule has 1 heterocycles. The van der Waals surface area contributed by atoms with Crippen LogP contribution in [-0.4, -0.2) is 41.5 Å². The zero-order valence-corrected chi connectivity index (χ0v) is 12.2. The van der Waals surface area contributed by atoms with E-state index in [0.29, 0.717) is 18.4 Å². The van der Waals surface area contributed by atoms with Crippen molar-refractivity contribution in [2.24, 2.45) is 0 Å². The molecule has 7 nitrogen and oxygen atoms in total. The second kappa shape index (κ2) is 6.83. The van der Waals surface area contributed by atoms with Crippen molar-refractivity contribution >= 4 is 11.8 Å². The van der Waals surface area contributed by atoms with Crippen molar-refractivity contribution in [2.75, 3.05) is 14.2 Å². The van der Waals surface area contributed by atoms with Crippen molar-refractivity contribution in [3.63, 3.8) is 0 Å². The maximum atomic E-state index is 12.0. The number of carbonyl (C=O) groups is 2. The topological polar surface area (TPSA) is 93.2 Å². The van der Waals surface area contributed by atoms with Crippen LogP contribution in [0.1, 0.15) is 37.0 Å². The lowest BCUT2D eigenvalue weighted by molar-refractivity contribution is -0.121. The lowest BCUT2D eigenvalue weighted by Crippen LogP contribution is -2.44. The average Bonchev–Trinajstić information content (AvgIpc) is 2.44. The van der Waals surface area contributed by atoms with Gasteiger partial charge in [-0.15, -0.1) is 0 Å². The van der Waals surface area contributed by atoms with E-state index in [-0.39, 0.29) is 17.8 Å². The standard InChI is InChI=1S/C13H20N4O3/c1-13(2,6-5-10(18)14-3)17-11(19)9-7-15-12(20-4)16-8-9/h7-8H,5-6H2,1-4H3,(H,14,18)(H,17,19). The summed E-state index contributed by atoms with van der Waals surface area (Å²) in [6.45, 7) is 3.72. The molecule has 0 aliphatic carbocycles. The Hall–Kier alpha value is -2.18. The van der Waals surface area contributed by atoms with E-state index >= 15 is 0 Å². The van der Waals surface area contributed by atoms with Crippen LogP contribution in [-0.2, 0) is 4.79 Å². The second-order valence-corrected chi connectivity index (χ2v) is 4.97. The molecule has 0 radical (unpaired) electrons. The third-order valence-corrected chi connectivity index (χ3v) is 2.78. The minimum atomic E-state index is -0.497. The van der Waals surface area contributed by atoms with Crippen LogP contribution >= 0.6 is 0 Å². The van der Waals surface area contributed by atoms with Crippen molar-refractivity contribution in [3.05, 3.63) is 18.0 Å². The molecular weight excluding hydrogens is 260 g/mol. The van der Waals surface area contributed by atoms with Gasteiger partial charge in [-0.25, -0.2) is 9.97 Å². The van der Waals surface area contributed by atoms with E-state index in [1.807, 2.05) is 13.8 Å². The van der Waals surface area contributed by atoms with Crippen LogP contribution in [0.5, 0.6) is 6.01 Å². The van der Waals surface area contributed by atoms with Crippen molar-refractivity contribution in [1.82, 2.24) is 20.6 Å². The summed E-state index contributed by atoms with van der Waals surface area (Å²) in [7, 11) is 3.04. The first kappa shape index (κ1) is 15.9. The normalized spacial score (nSPS) is 10.8. The van der Waals surface area contributed by atoms with Crippen LogP contribution < -0.4 is 15.4 Å². The van der Waals surface area contributed by atoms with Gasteiger partial charge in [0.05, 0.1) is 12.7 Å². The van der Waals surface area contributed by atoms with Crippen LogP contribution in [0, 0.1) is 0 Å². The number of nitrogens with zero attached hydrogens (tertiary/aromatic N) is 2. The first-order valence-corrected chi connectivity index (χ1v) is 6.27. The molecule has 20 heavy (non-hydrogen) atoms. The Labute approximate surface area is 118 Å². The molecule has 0 fully saturated rings. The molecule has 0 unspecified atom stereocenters. The summed E-state index contributed by atoms with van der Waals surface area (Å²) in [5.74, 6) is -0.338. The van der Waals surface area contributed by atoms with Gasteiger partial charge in [-0.3, -0.25) is 9.59 Å². The molecule has 0 spiro atoms. The van der Waals surface area contributed by atoms with Gasteiger partial charge in [-0.1, -0.05) is 0 Å². The van der Waals surface area contributed by atoms with Gasteiger partial charge < -0.3 is 15.4 Å². The van der Waals surface area contributed by atoms with Crippen molar-refractivity contribution < 1.29 is 14.3 Å². The molecule has 0 saturated carbocycles. The number of ether oxygens (including phenoxy) is 1. The van der Waals surface area contributed by atoms with Crippen LogP contribution in [0.4, 0.5) is 0 Å². The van der Waals surface area contributed by atoms with E-state index in [1.165, 1.54) is 19.5 Å². The molecule has 0 aliphatic rings. The summed E-state index contributed by atoms with van der Waals surface area (Å²) < 4.78 is 4.83. The number of nitrogens with one attached hydrogen (secondary N) is 2. The number of hydrogen-bond acceptors (Lipinski definition) is 5. The van der Waals surface area contributed by atoms with E-state index in [0.717, 1.165) is 0 Å². The van der Waals surface area contributed by atoms with Crippen LogP contribution in [0.25, 0.3) is 0 Å².